The molecule has 134 valence electrons. The molecule has 6 heteroatoms. The molecule has 0 spiro atoms. The fourth-order valence-electron chi connectivity index (χ4n) is 3.14. The maximum atomic E-state index is 12.5. The van der Waals surface area contributed by atoms with Crippen LogP contribution in [-0.4, -0.2) is 46.7 Å². The molecule has 1 aliphatic heterocycles. The lowest BCUT2D eigenvalue weighted by Crippen LogP contribution is -2.42. The first-order valence-electron chi connectivity index (χ1n) is 8.72. The Morgan fingerprint density at radius 2 is 2.00 bits per heavy atom. The Morgan fingerprint density at radius 3 is 2.64 bits per heavy atom. The highest BCUT2D eigenvalue weighted by Gasteiger charge is 2.25. The van der Waals surface area contributed by atoms with Crippen LogP contribution in [0.2, 0.25) is 0 Å². The van der Waals surface area contributed by atoms with Gasteiger partial charge in [0.15, 0.2) is 11.5 Å². The summed E-state index contributed by atoms with van der Waals surface area (Å²) >= 11 is 0. The van der Waals surface area contributed by atoms with E-state index in [1.165, 1.54) is 0 Å². The number of rotatable bonds is 6. The van der Waals surface area contributed by atoms with Gasteiger partial charge in [0.1, 0.15) is 6.10 Å². The zero-order valence-corrected chi connectivity index (χ0v) is 14.8. The van der Waals surface area contributed by atoms with Gasteiger partial charge in [0.2, 0.25) is 5.91 Å². The van der Waals surface area contributed by atoms with E-state index in [4.69, 9.17) is 9.47 Å². The standard InChI is InChI=1S/C19H25N3O3/c1-15(22-12-9-20-14-22)13-19(23)21-10-7-16(8-11-21)25-18-6-4-3-5-17(18)24-2/h3-6,9,12,14-16H,7-8,10-11,13H2,1-2H3/t15-/m1/s1. The van der Waals surface area contributed by atoms with Gasteiger partial charge >= 0.3 is 0 Å². The summed E-state index contributed by atoms with van der Waals surface area (Å²) in [5, 5.41) is 0. The highest BCUT2D eigenvalue weighted by Crippen LogP contribution is 2.29. The highest BCUT2D eigenvalue weighted by atomic mass is 16.5. The number of imidazole rings is 1. The number of ether oxygens (including phenoxy) is 2. The Hall–Kier alpha value is -2.50. The Labute approximate surface area is 148 Å². The number of methoxy groups -OCH3 is 1. The molecule has 1 amide bonds. The number of likely N-dealkylation sites (tertiary alicyclic amines) is 1. The Morgan fingerprint density at radius 1 is 1.28 bits per heavy atom. The van der Waals surface area contributed by atoms with Crippen LogP contribution in [0.15, 0.2) is 43.0 Å². The van der Waals surface area contributed by atoms with Crippen molar-refractivity contribution in [2.75, 3.05) is 20.2 Å². The van der Waals surface area contributed by atoms with Gasteiger partial charge in [-0.3, -0.25) is 4.79 Å². The van der Waals surface area contributed by atoms with Crippen LogP contribution in [-0.2, 0) is 4.79 Å². The molecule has 0 radical (unpaired) electrons. The van der Waals surface area contributed by atoms with E-state index in [-0.39, 0.29) is 18.1 Å². The van der Waals surface area contributed by atoms with Crippen LogP contribution in [0.1, 0.15) is 32.2 Å². The average Bonchev–Trinajstić information content (AvgIpc) is 3.17. The van der Waals surface area contributed by atoms with Crippen LogP contribution in [0.4, 0.5) is 0 Å². The minimum atomic E-state index is 0.117. The molecule has 1 aliphatic rings. The summed E-state index contributed by atoms with van der Waals surface area (Å²) in [6.07, 6.45) is 7.67. The molecule has 1 fully saturated rings. The molecule has 1 aromatic carbocycles. The molecule has 25 heavy (non-hydrogen) atoms. The van der Waals surface area contributed by atoms with E-state index in [0.717, 1.165) is 37.4 Å². The van der Waals surface area contributed by atoms with E-state index in [1.54, 1.807) is 19.6 Å². The predicted molar refractivity (Wildman–Crippen MR) is 94.8 cm³/mol. The summed E-state index contributed by atoms with van der Waals surface area (Å²) in [6.45, 7) is 3.50. The molecule has 2 heterocycles. The molecular formula is C19H25N3O3. The zero-order chi connectivity index (χ0) is 17.6. The van der Waals surface area contributed by atoms with Gasteiger partial charge in [0, 0.05) is 50.8 Å². The van der Waals surface area contributed by atoms with Crippen molar-refractivity contribution in [3.8, 4) is 11.5 Å². The second-order valence-electron chi connectivity index (χ2n) is 6.41. The molecule has 1 aromatic heterocycles. The van der Waals surface area contributed by atoms with Gasteiger partial charge in [-0.2, -0.15) is 0 Å². The van der Waals surface area contributed by atoms with Gasteiger partial charge in [0.25, 0.3) is 0 Å². The lowest BCUT2D eigenvalue weighted by Gasteiger charge is -2.33. The second kappa shape index (κ2) is 8.05. The Kier molecular flexibility index (Phi) is 5.58. The summed E-state index contributed by atoms with van der Waals surface area (Å²) in [5.41, 5.74) is 0. The Balaban J connectivity index is 1.49. The number of hydrogen-bond donors (Lipinski definition) is 0. The molecule has 1 atom stereocenters. The molecule has 6 nitrogen and oxygen atoms in total. The largest absolute Gasteiger partial charge is 0.493 e. The van der Waals surface area contributed by atoms with Crippen molar-refractivity contribution in [1.82, 2.24) is 14.5 Å². The predicted octanol–water partition coefficient (Wildman–Crippen LogP) is 2.91. The number of carbonyl (C=O) groups is 1. The first kappa shape index (κ1) is 17.3. The number of nitrogens with zero attached hydrogens (tertiary/aromatic N) is 3. The summed E-state index contributed by atoms with van der Waals surface area (Å²) in [6, 6.07) is 7.80. The number of carbonyl (C=O) groups excluding carboxylic acids is 1. The summed E-state index contributed by atoms with van der Waals surface area (Å²) in [7, 11) is 1.64. The van der Waals surface area contributed by atoms with Crippen molar-refractivity contribution >= 4 is 5.91 Å². The van der Waals surface area contributed by atoms with E-state index in [0.29, 0.717) is 6.42 Å². The minimum absolute atomic E-state index is 0.117. The van der Waals surface area contributed by atoms with Gasteiger partial charge < -0.3 is 18.9 Å². The van der Waals surface area contributed by atoms with Crippen LogP contribution >= 0.6 is 0 Å². The van der Waals surface area contributed by atoms with E-state index in [1.807, 2.05) is 46.9 Å². The maximum Gasteiger partial charge on any atom is 0.224 e. The normalized spacial score (nSPS) is 16.5. The van der Waals surface area contributed by atoms with Crippen LogP contribution in [0.25, 0.3) is 0 Å². The van der Waals surface area contributed by atoms with Gasteiger partial charge in [-0.05, 0) is 19.1 Å². The van der Waals surface area contributed by atoms with Crippen molar-refractivity contribution in [2.45, 2.75) is 38.3 Å². The number of aromatic nitrogens is 2. The number of para-hydroxylation sites is 2. The third-order valence-corrected chi connectivity index (χ3v) is 4.66. The van der Waals surface area contributed by atoms with Gasteiger partial charge in [-0.1, -0.05) is 12.1 Å². The van der Waals surface area contributed by atoms with Crippen LogP contribution < -0.4 is 9.47 Å². The molecule has 0 saturated carbocycles. The van der Waals surface area contributed by atoms with Gasteiger partial charge in [-0.15, -0.1) is 0 Å². The van der Waals surface area contributed by atoms with E-state index < -0.39 is 0 Å². The van der Waals surface area contributed by atoms with Crippen molar-refractivity contribution in [3.05, 3.63) is 43.0 Å². The number of piperidine rings is 1. The smallest absolute Gasteiger partial charge is 0.224 e. The average molecular weight is 343 g/mol. The van der Waals surface area contributed by atoms with Crippen LogP contribution in [0, 0.1) is 0 Å². The maximum absolute atomic E-state index is 12.5. The molecule has 2 aromatic rings. The molecule has 0 bridgehead atoms. The van der Waals surface area contributed by atoms with Gasteiger partial charge in [-0.25, -0.2) is 4.98 Å². The first-order valence-corrected chi connectivity index (χ1v) is 8.72. The lowest BCUT2D eigenvalue weighted by atomic mass is 10.1. The molecule has 1 saturated heterocycles. The monoisotopic (exact) mass is 343 g/mol. The summed E-state index contributed by atoms with van der Waals surface area (Å²) in [4.78, 5) is 18.5. The lowest BCUT2D eigenvalue weighted by molar-refractivity contribution is -0.133. The van der Waals surface area contributed by atoms with Crippen molar-refractivity contribution in [2.24, 2.45) is 0 Å². The van der Waals surface area contributed by atoms with Crippen molar-refractivity contribution < 1.29 is 14.3 Å². The van der Waals surface area contributed by atoms with Crippen LogP contribution in [0.5, 0.6) is 11.5 Å². The van der Waals surface area contributed by atoms with E-state index in [9.17, 15) is 4.79 Å². The minimum Gasteiger partial charge on any atom is -0.493 e. The molecule has 0 aliphatic carbocycles. The van der Waals surface area contributed by atoms with Crippen molar-refractivity contribution in [3.63, 3.8) is 0 Å². The van der Waals surface area contributed by atoms with Gasteiger partial charge in [0.05, 0.1) is 13.4 Å². The molecule has 0 N–H and O–H groups in total. The number of benzene rings is 1. The SMILES string of the molecule is COc1ccccc1OC1CCN(C(=O)C[C@@H](C)n2ccnc2)CC1. The molecular weight excluding hydrogens is 318 g/mol. The fraction of sp³-hybridized carbons (Fsp3) is 0.474. The van der Waals surface area contributed by atoms with Crippen molar-refractivity contribution in [1.29, 1.82) is 0 Å². The molecule has 0 unspecified atom stereocenters. The van der Waals surface area contributed by atoms with E-state index in [2.05, 4.69) is 4.98 Å². The second-order valence-corrected chi connectivity index (χ2v) is 6.41. The van der Waals surface area contributed by atoms with E-state index >= 15 is 0 Å². The summed E-state index contributed by atoms with van der Waals surface area (Å²) in [5.74, 6) is 1.70. The third kappa shape index (κ3) is 4.32. The first-order chi connectivity index (χ1) is 12.2. The topological polar surface area (TPSA) is 56.6 Å². The number of hydrogen-bond acceptors (Lipinski definition) is 4. The quantitative estimate of drug-likeness (QED) is 0.809. The Bertz CT molecular complexity index is 679. The molecule has 3 rings (SSSR count). The summed E-state index contributed by atoms with van der Waals surface area (Å²) < 4.78 is 13.4. The third-order valence-electron chi connectivity index (χ3n) is 4.66. The fourth-order valence-corrected chi connectivity index (χ4v) is 3.14. The van der Waals surface area contributed by atoms with Crippen LogP contribution in [0.3, 0.4) is 0 Å². The number of amides is 1. The highest BCUT2D eigenvalue weighted by molar-refractivity contribution is 5.76. The zero-order valence-electron chi connectivity index (χ0n) is 14.8.